The van der Waals surface area contributed by atoms with Gasteiger partial charge in [-0.05, 0) is 49.9 Å². The van der Waals surface area contributed by atoms with E-state index in [4.69, 9.17) is 16.3 Å². The second-order valence-corrected chi connectivity index (χ2v) is 6.61. The quantitative estimate of drug-likeness (QED) is 0.876. The van der Waals surface area contributed by atoms with Gasteiger partial charge in [0.2, 0.25) is 5.91 Å². The Bertz CT molecular complexity index is 587. The van der Waals surface area contributed by atoms with Crippen LogP contribution in [-0.2, 0) is 9.53 Å². The number of benzene rings is 1. The second-order valence-electron chi connectivity index (χ2n) is 6.17. The first-order valence-corrected chi connectivity index (χ1v) is 8.74. The Hall–Kier alpha value is -1.79. The van der Waals surface area contributed by atoms with Crippen LogP contribution in [-0.4, -0.2) is 48.7 Å². The zero-order chi connectivity index (χ0) is 16.9. The fourth-order valence-electron chi connectivity index (χ4n) is 3.15. The van der Waals surface area contributed by atoms with Gasteiger partial charge in [0, 0.05) is 30.4 Å². The topological polar surface area (TPSA) is 70.7 Å². The molecule has 0 aliphatic carbocycles. The third kappa shape index (κ3) is 4.19. The van der Waals surface area contributed by atoms with Gasteiger partial charge in [-0.1, -0.05) is 11.6 Å². The molecule has 0 radical (unpaired) electrons. The van der Waals surface area contributed by atoms with Gasteiger partial charge in [0.15, 0.2) is 0 Å². The average Bonchev–Trinajstić information content (AvgIpc) is 3.26. The van der Waals surface area contributed by atoms with E-state index in [0.29, 0.717) is 30.2 Å². The first kappa shape index (κ1) is 17.0. The molecule has 2 N–H and O–H groups in total. The molecule has 6 nitrogen and oxygen atoms in total. The molecule has 130 valence electrons. The Balaban J connectivity index is 1.54. The summed E-state index contributed by atoms with van der Waals surface area (Å²) in [5.41, 5.74) is 0.662. The fourth-order valence-corrected chi connectivity index (χ4v) is 3.27. The molecule has 3 rings (SSSR count). The van der Waals surface area contributed by atoms with Crippen LogP contribution in [0, 0.1) is 0 Å². The molecule has 0 unspecified atom stereocenters. The first-order valence-electron chi connectivity index (χ1n) is 8.36. The van der Waals surface area contributed by atoms with E-state index in [1.54, 1.807) is 29.2 Å². The molecule has 2 aliphatic rings. The lowest BCUT2D eigenvalue weighted by Crippen LogP contribution is -2.48. The second kappa shape index (κ2) is 7.85. The van der Waals surface area contributed by atoms with Gasteiger partial charge in [0.05, 0.1) is 6.10 Å². The number of hydrogen-bond donors (Lipinski definition) is 2. The number of carbonyl (C=O) groups is 2. The lowest BCUT2D eigenvalue weighted by atomic mass is 10.2. The lowest BCUT2D eigenvalue weighted by molar-refractivity contribution is -0.125. The maximum Gasteiger partial charge on any atom is 0.322 e. The maximum atomic E-state index is 12.5. The Labute approximate surface area is 146 Å². The number of hydrogen-bond acceptors (Lipinski definition) is 3. The number of ether oxygens (including phenoxy) is 1. The summed E-state index contributed by atoms with van der Waals surface area (Å²) in [6, 6.07) is 6.23. The van der Waals surface area contributed by atoms with Gasteiger partial charge in [-0.2, -0.15) is 0 Å². The third-order valence-electron chi connectivity index (χ3n) is 4.44. The summed E-state index contributed by atoms with van der Waals surface area (Å²) in [6.45, 7) is 1.86. The first-order chi connectivity index (χ1) is 11.6. The van der Waals surface area contributed by atoms with Crippen molar-refractivity contribution in [3.63, 3.8) is 0 Å². The number of nitrogens with one attached hydrogen (secondary N) is 2. The van der Waals surface area contributed by atoms with Crippen molar-refractivity contribution in [2.24, 2.45) is 0 Å². The lowest BCUT2D eigenvalue weighted by Gasteiger charge is -2.24. The van der Waals surface area contributed by atoms with Crippen LogP contribution in [0.1, 0.15) is 25.7 Å². The number of nitrogens with zero attached hydrogens (tertiary/aromatic N) is 1. The van der Waals surface area contributed by atoms with Crippen LogP contribution in [0.2, 0.25) is 5.02 Å². The molecule has 0 bridgehead atoms. The van der Waals surface area contributed by atoms with Gasteiger partial charge < -0.3 is 20.3 Å². The molecule has 1 aromatic carbocycles. The minimum Gasteiger partial charge on any atom is -0.376 e. The van der Waals surface area contributed by atoms with Crippen LogP contribution < -0.4 is 10.6 Å². The van der Waals surface area contributed by atoms with Gasteiger partial charge >= 0.3 is 6.03 Å². The van der Waals surface area contributed by atoms with Gasteiger partial charge in [0.25, 0.3) is 0 Å². The molecular weight excluding hydrogens is 330 g/mol. The molecule has 2 fully saturated rings. The van der Waals surface area contributed by atoms with E-state index in [-0.39, 0.29) is 18.0 Å². The predicted molar refractivity (Wildman–Crippen MR) is 92.2 cm³/mol. The van der Waals surface area contributed by atoms with Gasteiger partial charge in [-0.25, -0.2) is 4.79 Å². The minimum atomic E-state index is -0.418. The van der Waals surface area contributed by atoms with Crippen molar-refractivity contribution in [2.45, 2.75) is 37.8 Å². The SMILES string of the molecule is O=C(NC[C@H]1CCCO1)[C@@H]1CCCN1C(=O)Nc1ccc(Cl)cc1. The monoisotopic (exact) mass is 351 g/mol. The van der Waals surface area contributed by atoms with Crippen LogP contribution in [0.3, 0.4) is 0 Å². The van der Waals surface area contributed by atoms with E-state index in [9.17, 15) is 9.59 Å². The summed E-state index contributed by atoms with van der Waals surface area (Å²) in [6.07, 6.45) is 3.63. The minimum absolute atomic E-state index is 0.103. The Morgan fingerprint density at radius 1 is 1.21 bits per heavy atom. The van der Waals surface area contributed by atoms with E-state index in [2.05, 4.69) is 10.6 Å². The molecule has 3 amide bonds. The van der Waals surface area contributed by atoms with Crippen LogP contribution in [0.25, 0.3) is 0 Å². The number of amides is 3. The number of anilines is 1. The smallest absolute Gasteiger partial charge is 0.322 e. The number of likely N-dealkylation sites (tertiary alicyclic amines) is 1. The van der Waals surface area contributed by atoms with Crippen LogP contribution in [0.5, 0.6) is 0 Å². The summed E-state index contributed by atoms with van der Waals surface area (Å²) in [4.78, 5) is 26.5. The van der Waals surface area contributed by atoms with Gasteiger partial charge in [0.1, 0.15) is 6.04 Å². The Morgan fingerprint density at radius 3 is 2.71 bits per heavy atom. The molecule has 2 heterocycles. The van der Waals surface area contributed by atoms with Crippen molar-refractivity contribution in [2.75, 3.05) is 25.0 Å². The van der Waals surface area contributed by atoms with Crippen LogP contribution in [0.4, 0.5) is 10.5 Å². The molecule has 0 spiro atoms. The Kier molecular flexibility index (Phi) is 5.58. The third-order valence-corrected chi connectivity index (χ3v) is 4.69. The molecule has 1 aromatic rings. The molecule has 24 heavy (non-hydrogen) atoms. The number of urea groups is 1. The zero-order valence-corrected chi connectivity index (χ0v) is 14.2. The highest BCUT2D eigenvalue weighted by Gasteiger charge is 2.34. The molecule has 0 saturated carbocycles. The van der Waals surface area contributed by atoms with E-state index in [0.717, 1.165) is 25.9 Å². The largest absolute Gasteiger partial charge is 0.376 e. The van der Waals surface area contributed by atoms with Crippen molar-refractivity contribution in [1.82, 2.24) is 10.2 Å². The van der Waals surface area contributed by atoms with Crippen molar-refractivity contribution in [1.29, 1.82) is 0 Å². The standard InChI is InChI=1S/C17H22ClN3O3/c18-12-5-7-13(8-6-12)20-17(23)21-9-1-4-15(21)16(22)19-11-14-3-2-10-24-14/h5-8,14-15H,1-4,9-11H2,(H,19,22)(H,20,23)/t14-,15+/m1/s1. The number of halogens is 1. The Morgan fingerprint density at radius 2 is 2.00 bits per heavy atom. The fraction of sp³-hybridized carbons (Fsp3) is 0.529. The van der Waals surface area contributed by atoms with Crippen molar-refractivity contribution in [3.8, 4) is 0 Å². The van der Waals surface area contributed by atoms with E-state index < -0.39 is 6.04 Å². The zero-order valence-electron chi connectivity index (χ0n) is 13.5. The molecule has 2 saturated heterocycles. The number of carbonyl (C=O) groups excluding carboxylic acids is 2. The van der Waals surface area contributed by atoms with E-state index in [1.165, 1.54) is 0 Å². The molecule has 0 aromatic heterocycles. The maximum absolute atomic E-state index is 12.5. The molecular formula is C17H22ClN3O3. The summed E-state index contributed by atoms with van der Waals surface area (Å²) < 4.78 is 5.51. The number of rotatable bonds is 4. The average molecular weight is 352 g/mol. The summed E-state index contributed by atoms with van der Waals surface area (Å²) >= 11 is 5.84. The van der Waals surface area contributed by atoms with Gasteiger partial charge in [-0.3, -0.25) is 4.79 Å². The van der Waals surface area contributed by atoms with Crippen LogP contribution >= 0.6 is 11.6 Å². The predicted octanol–water partition coefficient (Wildman–Crippen LogP) is 2.63. The summed E-state index contributed by atoms with van der Waals surface area (Å²) in [5, 5.41) is 6.35. The van der Waals surface area contributed by atoms with E-state index >= 15 is 0 Å². The summed E-state index contributed by atoms with van der Waals surface area (Å²) in [7, 11) is 0. The van der Waals surface area contributed by atoms with Crippen molar-refractivity contribution in [3.05, 3.63) is 29.3 Å². The highest BCUT2D eigenvalue weighted by Crippen LogP contribution is 2.20. The van der Waals surface area contributed by atoms with E-state index in [1.807, 2.05) is 0 Å². The van der Waals surface area contributed by atoms with Crippen molar-refractivity contribution >= 4 is 29.2 Å². The van der Waals surface area contributed by atoms with Crippen molar-refractivity contribution < 1.29 is 14.3 Å². The normalized spacial score (nSPS) is 23.3. The van der Waals surface area contributed by atoms with Crippen LogP contribution in [0.15, 0.2) is 24.3 Å². The molecule has 2 aliphatic heterocycles. The molecule has 2 atom stereocenters. The summed E-state index contributed by atoms with van der Waals surface area (Å²) in [5.74, 6) is -0.103. The highest BCUT2D eigenvalue weighted by molar-refractivity contribution is 6.30. The highest BCUT2D eigenvalue weighted by atomic mass is 35.5. The molecule has 7 heteroatoms. The van der Waals surface area contributed by atoms with Gasteiger partial charge in [-0.15, -0.1) is 0 Å².